The van der Waals surface area contributed by atoms with Gasteiger partial charge in [-0.05, 0) is 38.2 Å². The molecular formula is C15H14N4OS. The number of H-pyrrole nitrogens is 2. The van der Waals surface area contributed by atoms with Gasteiger partial charge in [-0.15, -0.1) is 0 Å². The standard InChI is InChI=1S/C15H14N4OS/c1-9-3-5-11(6-4-9)19-8-12(13(20)7-10(19)2)14-16-15(21)18-17-14/h3-8H,1-2H3,(H2,16,17,18,21). The molecule has 0 aliphatic rings. The van der Waals surface area contributed by atoms with Gasteiger partial charge in [-0.2, -0.15) is 4.98 Å². The lowest BCUT2D eigenvalue weighted by Gasteiger charge is -2.12. The number of benzene rings is 1. The van der Waals surface area contributed by atoms with E-state index in [9.17, 15) is 4.79 Å². The SMILES string of the molecule is Cc1ccc(-n2cc(-c3nc(=S)[nH][nH]3)c(=O)cc2C)cc1. The molecule has 0 atom stereocenters. The van der Waals surface area contributed by atoms with Crippen molar-refractivity contribution in [3.8, 4) is 17.1 Å². The molecule has 2 heterocycles. The number of pyridine rings is 1. The minimum Gasteiger partial charge on any atom is -0.320 e. The second kappa shape index (κ2) is 5.14. The first-order valence-corrected chi connectivity index (χ1v) is 6.91. The Morgan fingerprint density at radius 1 is 1.14 bits per heavy atom. The molecule has 0 aliphatic carbocycles. The van der Waals surface area contributed by atoms with Crippen LogP contribution < -0.4 is 5.43 Å². The maximum Gasteiger partial charge on any atom is 0.213 e. The van der Waals surface area contributed by atoms with Crippen LogP contribution in [0.5, 0.6) is 0 Å². The number of aromatic nitrogens is 4. The molecule has 0 saturated carbocycles. The third-order valence-corrected chi connectivity index (χ3v) is 3.51. The molecule has 0 amide bonds. The first kappa shape index (κ1) is 13.5. The number of hydrogen-bond donors (Lipinski definition) is 2. The minimum atomic E-state index is -0.0892. The van der Waals surface area contributed by atoms with Gasteiger partial charge in [0.05, 0.1) is 5.56 Å². The minimum absolute atomic E-state index is 0.0892. The summed E-state index contributed by atoms with van der Waals surface area (Å²) in [5, 5.41) is 5.52. The molecule has 106 valence electrons. The molecule has 0 fully saturated rings. The van der Waals surface area contributed by atoms with E-state index in [2.05, 4.69) is 15.2 Å². The predicted octanol–water partition coefficient (Wildman–Crippen LogP) is 2.90. The molecule has 3 rings (SSSR count). The molecule has 5 nitrogen and oxygen atoms in total. The van der Waals surface area contributed by atoms with Gasteiger partial charge < -0.3 is 4.57 Å². The van der Waals surface area contributed by atoms with E-state index in [1.54, 1.807) is 12.3 Å². The number of aromatic amines is 2. The van der Waals surface area contributed by atoms with Crippen molar-refractivity contribution >= 4 is 12.2 Å². The summed E-state index contributed by atoms with van der Waals surface area (Å²) < 4.78 is 2.29. The van der Waals surface area contributed by atoms with Crippen molar-refractivity contribution in [3.05, 3.63) is 62.8 Å². The normalized spacial score (nSPS) is 10.8. The second-order valence-electron chi connectivity index (χ2n) is 4.91. The summed E-state index contributed by atoms with van der Waals surface area (Å²) in [6, 6.07) is 9.70. The van der Waals surface area contributed by atoms with Crippen molar-refractivity contribution in [2.45, 2.75) is 13.8 Å². The van der Waals surface area contributed by atoms with E-state index in [0.29, 0.717) is 16.2 Å². The molecule has 0 saturated heterocycles. The fraction of sp³-hybridized carbons (Fsp3) is 0.133. The van der Waals surface area contributed by atoms with E-state index >= 15 is 0 Å². The molecule has 0 radical (unpaired) electrons. The second-order valence-corrected chi connectivity index (χ2v) is 5.30. The molecule has 2 aromatic heterocycles. The Morgan fingerprint density at radius 3 is 2.48 bits per heavy atom. The van der Waals surface area contributed by atoms with E-state index in [1.807, 2.05) is 42.7 Å². The van der Waals surface area contributed by atoms with Crippen molar-refractivity contribution in [2.24, 2.45) is 0 Å². The number of aryl methyl sites for hydroxylation is 2. The number of hydrogen-bond acceptors (Lipinski definition) is 3. The van der Waals surface area contributed by atoms with Gasteiger partial charge in [0.2, 0.25) is 4.77 Å². The van der Waals surface area contributed by atoms with Crippen LogP contribution >= 0.6 is 12.2 Å². The lowest BCUT2D eigenvalue weighted by atomic mass is 10.2. The fourth-order valence-corrected chi connectivity index (χ4v) is 2.33. The van der Waals surface area contributed by atoms with Gasteiger partial charge in [0.1, 0.15) is 0 Å². The average molecular weight is 298 g/mol. The van der Waals surface area contributed by atoms with Crippen LogP contribution in [0.3, 0.4) is 0 Å². The van der Waals surface area contributed by atoms with Gasteiger partial charge in [0, 0.05) is 23.6 Å². The summed E-state index contributed by atoms with van der Waals surface area (Å²) in [4.78, 5) is 16.3. The highest BCUT2D eigenvalue weighted by molar-refractivity contribution is 7.71. The van der Waals surface area contributed by atoms with E-state index in [-0.39, 0.29) is 5.43 Å². The van der Waals surface area contributed by atoms with Gasteiger partial charge in [0.15, 0.2) is 11.3 Å². The van der Waals surface area contributed by atoms with Crippen LogP contribution in [-0.4, -0.2) is 19.7 Å². The number of nitrogens with zero attached hydrogens (tertiary/aromatic N) is 2. The fourth-order valence-electron chi connectivity index (χ4n) is 2.19. The topological polar surface area (TPSA) is 66.5 Å². The highest BCUT2D eigenvalue weighted by Crippen LogP contribution is 2.16. The third-order valence-electron chi connectivity index (χ3n) is 3.31. The molecule has 0 aliphatic heterocycles. The summed E-state index contributed by atoms with van der Waals surface area (Å²) in [7, 11) is 0. The Kier molecular flexibility index (Phi) is 3.31. The summed E-state index contributed by atoms with van der Waals surface area (Å²) in [5.41, 5.74) is 3.44. The van der Waals surface area contributed by atoms with E-state index in [1.165, 1.54) is 5.56 Å². The predicted molar refractivity (Wildman–Crippen MR) is 84.3 cm³/mol. The van der Waals surface area contributed by atoms with Gasteiger partial charge in [-0.3, -0.25) is 15.0 Å². The molecule has 6 heteroatoms. The van der Waals surface area contributed by atoms with Crippen molar-refractivity contribution in [2.75, 3.05) is 0 Å². The smallest absolute Gasteiger partial charge is 0.213 e. The van der Waals surface area contributed by atoms with Crippen molar-refractivity contribution < 1.29 is 0 Å². The lowest BCUT2D eigenvalue weighted by Crippen LogP contribution is -2.12. The van der Waals surface area contributed by atoms with Crippen molar-refractivity contribution in [1.82, 2.24) is 19.7 Å². The summed E-state index contributed by atoms with van der Waals surface area (Å²) in [5.74, 6) is 0.450. The zero-order valence-electron chi connectivity index (χ0n) is 11.7. The average Bonchev–Trinajstić information content (AvgIpc) is 2.87. The van der Waals surface area contributed by atoms with Crippen molar-refractivity contribution in [3.63, 3.8) is 0 Å². The van der Waals surface area contributed by atoms with Crippen LogP contribution in [-0.2, 0) is 0 Å². The molecular weight excluding hydrogens is 284 g/mol. The molecule has 3 aromatic rings. The Bertz CT molecular complexity index is 902. The highest BCUT2D eigenvalue weighted by Gasteiger charge is 2.10. The van der Waals surface area contributed by atoms with Crippen molar-refractivity contribution in [1.29, 1.82) is 0 Å². The van der Waals surface area contributed by atoms with Crippen LogP contribution in [0.2, 0.25) is 0 Å². The van der Waals surface area contributed by atoms with Gasteiger partial charge in [-0.1, -0.05) is 17.7 Å². The number of rotatable bonds is 2. The molecule has 1 aromatic carbocycles. The Morgan fingerprint density at radius 2 is 1.86 bits per heavy atom. The van der Waals surface area contributed by atoms with E-state index in [4.69, 9.17) is 12.2 Å². The maximum atomic E-state index is 12.2. The van der Waals surface area contributed by atoms with E-state index in [0.717, 1.165) is 11.4 Å². The summed E-state index contributed by atoms with van der Waals surface area (Å²) in [6.45, 7) is 3.94. The molecule has 21 heavy (non-hydrogen) atoms. The monoisotopic (exact) mass is 298 g/mol. The van der Waals surface area contributed by atoms with Gasteiger partial charge >= 0.3 is 0 Å². The first-order chi connectivity index (χ1) is 10.0. The molecule has 2 N–H and O–H groups in total. The summed E-state index contributed by atoms with van der Waals surface area (Å²) in [6.07, 6.45) is 1.78. The molecule has 0 spiro atoms. The summed E-state index contributed by atoms with van der Waals surface area (Å²) >= 11 is 4.94. The van der Waals surface area contributed by atoms with Crippen LogP contribution in [0.15, 0.2) is 41.3 Å². The lowest BCUT2D eigenvalue weighted by molar-refractivity contribution is 0.969. The Hall–Kier alpha value is -2.47. The highest BCUT2D eigenvalue weighted by atomic mass is 32.1. The quantitative estimate of drug-likeness (QED) is 0.715. The zero-order chi connectivity index (χ0) is 15.0. The largest absolute Gasteiger partial charge is 0.320 e. The zero-order valence-corrected chi connectivity index (χ0v) is 12.5. The maximum absolute atomic E-state index is 12.2. The Labute approximate surface area is 126 Å². The van der Waals surface area contributed by atoms with Gasteiger partial charge in [-0.25, -0.2) is 0 Å². The van der Waals surface area contributed by atoms with Crippen LogP contribution in [0.25, 0.3) is 17.1 Å². The first-order valence-electron chi connectivity index (χ1n) is 6.50. The molecule has 0 unspecified atom stereocenters. The van der Waals surface area contributed by atoms with Crippen LogP contribution in [0, 0.1) is 18.6 Å². The van der Waals surface area contributed by atoms with Crippen LogP contribution in [0.1, 0.15) is 11.3 Å². The number of nitrogens with one attached hydrogen (secondary N) is 2. The van der Waals surface area contributed by atoms with E-state index < -0.39 is 0 Å². The van der Waals surface area contributed by atoms with Gasteiger partial charge in [0.25, 0.3) is 0 Å². The van der Waals surface area contributed by atoms with Crippen LogP contribution in [0.4, 0.5) is 0 Å². The third kappa shape index (κ3) is 2.57. The molecule has 0 bridgehead atoms. The Balaban J connectivity index is 2.20.